The van der Waals surface area contributed by atoms with Crippen LogP contribution in [0.3, 0.4) is 0 Å². The lowest BCUT2D eigenvalue weighted by Gasteiger charge is -2.35. The Hall–Kier alpha value is -4.53. The predicted octanol–water partition coefficient (Wildman–Crippen LogP) is 6.54. The van der Waals surface area contributed by atoms with Gasteiger partial charge in [0.05, 0.1) is 7.11 Å². The van der Waals surface area contributed by atoms with Gasteiger partial charge in [0.15, 0.2) is 0 Å². The van der Waals surface area contributed by atoms with E-state index < -0.39 is 29.7 Å². The zero-order chi connectivity index (χ0) is 32.3. The van der Waals surface area contributed by atoms with Crippen molar-refractivity contribution < 1.29 is 29.0 Å². The first-order chi connectivity index (χ1) is 20.9. The van der Waals surface area contributed by atoms with Crippen molar-refractivity contribution in [1.82, 2.24) is 10.2 Å². The van der Waals surface area contributed by atoms with Gasteiger partial charge in [-0.3, -0.25) is 9.59 Å². The lowest BCUT2D eigenvalue weighted by Crippen LogP contribution is -2.53. The van der Waals surface area contributed by atoms with Crippen LogP contribution in [0, 0.1) is 6.92 Å². The minimum atomic E-state index is -1.05. The fourth-order valence-electron chi connectivity index (χ4n) is 4.85. The van der Waals surface area contributed by atoms with Crippen molar-refractivity contribution >= 4 is 23.6 Å². The third-order valence-corrected chi connectivity index (χ3v) is 7.05. The van der Waals surface area contributed by atoms with E-state index in [2.05, 4.69) is 17.6 Å². The van der Waals surface area contributed by atoms with Crippen LogP contribution in [0.2, 0.25) is 0 Å². The first-order valence-corrected chi connectivity index (χ1v) is 15.0. The highest BCUT2D eigenvalue weighted by Gasteiger charge is 2.37. The number of carbonyl (C=O) groups is 3. The van der Waals surface area contributed by atoms with E-state index in [1.807, 2.05) is 31.2 Å². The Bertz CT molecular complexity index is 1380. The number of hydrogen-bond acceptors (Lipinski definition) is 6. The second kappa shape index (κ2) is 15.8. The molecule has 0 aliphatic heterocycles. The van der Waals surface area contributed by atoms with Crippen molar-refractivity contribution in [3.8, 4) is 11.5 Å². The van der Waals surface area contributed by atoms with Crippen LogP contribution in [-0.2, 0) is 20.7 Å². The van der Waals surface area contributed by atoms with Gasteiger partial charge in [-0.2, -0.15) is 0 Å². The molecule has 9 heteroatoms. The van der Waals surface area contributed by atoms with Gasteiger partial charge >= 0.3 is 6.09 Å². The van der Waals surface area contributed by atoms with Gasteiger partial charge in [0, 0.05) is 18.7 Å². The standard InChI is InChI=1S/C35H45N3O6/c1-7-8-11-22-38(33(41)30(37-34(42)44-35(3,4)5)23-25-14-18-27(39)19-15-25)31(29-13-10-9-12-24(29)2)32(40)36-26-16-20-28(43-6)21-17-26/h9-10,12-21,30-31,39H,7-8,11,22-23H2,1-6H3,(H,36,40)(H,37,42). The average Bonchev–Trinajstić information content (AvgIpc) is 2.97. The number of alkyl carbamates (subject to hydrolysis) is 1. The Morgan fingerprint density at radius 1 is 0.932 bits per heavy atom. The first kappa shape index (κ1) is 34.0. The molecule has 3 amide bonds. The highest BCUT2D eigenvalue weighted by molar-refractivity contribution is 5.99. The number of amides is 3. The Morgan fingerprint density at radius 3 is 2.18 bits per heavy atom. The van der Waals surface area contributed by atoms with E-state index in [0.717, 1.165) is 24.0 Å². The highest BCUT2D eigenvalue weighted by atomic mass is 16.6. The molecule has 44 heavy (non-hydrogen) atoms. The molecule has 0 aliphatic carbocycles. The molecule has 3 aromatic rings. The number of benzene rings is 3. The molecule has 0 bridgehead atoms. The monoisotopic (exact) mass is 603 g/mol. The minimum absolute atomic E-state index is 0.0905. The number of aryl methyl sites for hydroxylation is 1. The average molecular weight is 604 g/mol. The van der Waals surface area contributed by atoms with Crippen molar-refractivity contribution in [3.05, 3.63) is 89.5 Å². The SMILES string of the molecule is CCCCCN(C(=O)C(Cc1ccc(O)cc1)NC(=O)OC(C)(C)C)C(C(=O)Nc1ccc(OC)cc1)c1ccccc1C. The van der Waals surface area contributed by atoms with Crippen molar-refractivity contribution in [1.29, 1.82) is 0 Å². The van der Waals surface area contributed by atoms with E-state index in [4.69, 9.17) is 9.47 Å². The number of hydrogen-bond donors (Lipinski definition) is 3. The molecule has 0 heterocycles. The molecular weight excluding hydrogens is 558 g/mol. The summed E-state index contributed by atoms with van der Waals surface area (Å²) in [4.78, 5) is 43.3. The van der Waals surface area contributed by atoms with E-state index >= 15 is 0 Å². The van der Waals surface area contributed by atoms with Gasteiger partial charge in [-0.05, 0) is 87.2 Å². The van der Waals surface area contributed by atoms with Gasteiger partial charge in [0.2, 0.25) is 5.91 Å². The molecule has 0 radical (unpaired) electrons. The smallest absolute Gasteiger partial charge is 0.408 e. The fourth-order valence-corrected chi connectivity index (χ4v) is 4.85. The number of carbonyl (C=O) groups excluding carboxylic acids is 3. The topological polar surface area (TPSA) is 117 Å². The van der Waals surface area contributed by atoms with E-state index in [1.54, 1.807) is 69.2 Å². The summed E-state index contributed by atoms with van der Waals surface area (Å²) in [6, 6.07) is 18.9. The van der Waals surface area contributed by atoms with E-state index in [-0.39, 0.29) is 18.1 Å². The van der Waals surface area contributed by atoms with Crippen LogP contribution >= 0.6 is 0 Å². The number of anilines is 1. The number of phenols is 1. The second-order valence-corrected chi connectivity index (χ2v) is 11.8. The lowest BCUT2D eigenvalue weighted by atomic mass is 9.96. The third kappa shape index (κ3) is 10.0. The zero-order valence-corrected chi connectivity index (χ0v) is 26.6. The molecule has 0 fully saturated rings. The molecule has 3 aromatic carbocycles. The number of ether oxygens (including phenoxy) is 2. The fraction of sp³-hybridized carbons (Fsp3) is 0.400. The molecular formula is C35H45N3O6. The van der Waals surface area contributed by atoms with Gasteiger partial charge in [-0.15, -0.1) is 0 Å². The summed E-state index contributed by atoms with van der Waals surface area (Å²) in [5.74, 6) is -0.0546. The summed E-state index contributed by atoms with van der Waals surface area (Å²) in [6.07, 6.45) is 1.83. The van der Waals surface area contributed by atoms with Crippen LogP contribution in [0.5, 0.6) is 11.5 Å². The van der Waals surface area contributed by atoms with Gasteiger partial charge in [-0.25, -0.2) is 4.79 Å². The minimum Gasteiger partial charge on any atom is -0.508 e. The second-order valence-electron chi connectivity index (χ2n) is 11.8. The van der Waals surface area contributed by atoms with Gasteiger partial charge < -0.3 is 30.1 Å². The van der Waals surface area contributed by atoms with Crippen LogP contribution in [-0.4, -0.2) is 53.2 Å². The van der Waals surface area contributed by atoms with Gasteiger partial charge in [0.25, 0.3) is 5.91 Å². The molecule has 2 atom stereocenters. The van der Waals surface area contributed by atoms with Crippen LogP contribution in [0.1, 0.15) is 69.7 Å². The number of aromatic hydroxyl groups is 1. The maximum absolute atomic E-state index is 14.6. The number of nitrogens with one attached hydrogen (secondary N) is 2. The summed E-state index contributed by atoms with van der Waals surface area (Å²) in [7, 11) is 1.57. The molecule has 3 N–H and O–H groups in total. The molecule has 236 valence electrons. The quantitative estimate of drug-likeness (QED) is 0.191. The summed E-state index contributed by atoms with van der Waals surface area (Å²) < 4.78 is 10.8. The molecule has 9 nitrogen and oxygen atoms in total. The predicted molar refractivity (Wildman–Crippen MR) is 172 cm³/mol. The van der Waals surface area contributed by atoms with E-state index in [9.17, 15) is 19.5 Å². The molecule has 0 aromatic heterocycles. The van der Waals surface area contributed by atoms with Crippen LogP contribution < -0.4 is 15.4 Å². The molecule has 0 spiro atoms. The number of unbranched alkanes of at least 4 members (excludes halogenated alkanes) is 2. The number of phenolic OH excluding ortho intramolecular Hbond substituents is 1. The summed E-state index contributed by atoms with van der Waals surface area (Å²) in [5, 5.41) is 15.6. The maximum Gasteiger partial charge on any atom is 0.408 e. The number of rotatable bonds is 13. The number of nitrogens with zero attached hydrogens (tertiary/aromatic N) is 1. The Morgan fingerprint density at radius 2 is 1.59 bits per heavy atom. The van der Waals surface area contributed by atoms with E-state index in [1.165, 1.54) is 12.1 Å². The first-order valence-electron chi connectivity index (χ1n) is 15.0. The van der Waals surface area contributed by atoms with E-state index in [0.29, 0.717) is 30.0 Å². The Kier molecular flexibility index (Phi) is 12.2. The highest BCUT2D eigenvalue weighted by Crippen LogP contribution is 2.28. The number of methoxy groups -OCH3 is 1. The van der Waals surface area contributed by atoms with Crippen molar-refractivity contribution in [2.45, 2.75) is 78.0 Å². The third-order valence-electron chi connectivity index (χ3n) is 7.05. The maximum atomic E-state index is 14.6. The Labute approximate surface area is 260 Å². The van der Waals surface area contributed by atoms with Crippen molar-refractivity contribution in [2.75, 3.05) is 19.0 Å². The molecule has 0 saturated carbocycles. The van der Waals surface area contributed by atoms with Gasteiger partial charge in [0.1, 0.15) is 29.2 Å². The normalized spacial score (nSPS) is 12.5. The molecule has 0 saturated heterocycles. The van der Waals surface area contributed by atoms with Gasteiger partial charge in [-0.1, -0.05) is 56.2 Å². The summed E-state index contributed by atoms with van der Waals surface area (Å²) in [6.45, 7) is 9.52. The van der Waals surface area contributed by atoms with Crippen molar-refractivity contribution in [2.24, 2.45) is 0 Å². The molecule has 0 aliphatic rings. The molecule has 2 unspecified atom stereocenters. The van der Waals surface area contributed by atoms with Crippen molar-refractivity contribution in [3.63, 3.8) is 0 Å². The van der Waals surface area contributed by atoms with Crippen LogP contribution in [0.15, 0.2) is 72.8 Å². The Balaban J connectivity index is 2.07. The van der Waals surface area contributed by atoms with Crippen LogP contribution in [0.25, 0.3) is 0 Å². The largest absolute Gasteiger partial charge is 0.508 e. The summed E-state index contributed by atoms with van der Waals surface area (Å²) in [5.41, 5.74) is 2.04. The summed E-state index contributed by atoms with van der Waals surface area (Å²) >= 11 is 0. The lowest BCUT2D eigenvalue weighted by molar-refractivity contribution is -0.140. The molecule has 3 rings (SSSR count). The van der Waals surface area contributed by atoms with Crippen LogP contribution in [0.4, 0.5) is 10.5 Å². The zero-order valence-electron chi connectivity index (χ0n) is 26.6.